The second kappa shape index (κ2) is 6.74. The highest BCUT2D eigenvalue weighted by atomic mass is 19.4. The molecule has 0 spiro atoms. The van der Waals surface area contributed by atoms with Crippen molar-refractivity contribution in [1.29, 1.82) is 0 Å². The van der Waals surface area contributed by atoms with E-state index < -0.39 is 6.36 Å². The number of fused-ring (bicyclic) bond motifs is 3. The number of carbonyl (C=O) groups is 1. The third-order valence-corrected chi connectivity index (χ3v) is 4.68. The van der Waals surface area contributed by atoms with E-state index in [1.807, 2.05) is 30.3 Å². The minimum Gasteiger partial charge on any atom is -0.406 e. The van der Waals surface area contributed by atoms with E-state index in [2.05, 4.69) is 10.1 Å². The molecule has 0 atom stereocenters. The Morgan fingerprint density at radius 1 is 1.15 bits per heavy atom. The first kappa shape index (κ1) is 17.6. The van der Waals surface area contributed by atoms with Gasteiger partial charge in [-0.1, -0.05) is 30.3 Å². The van der Waals surface area contributed by atoms with Crippen LogP contribution < -0.4 is 10.1 Å². The van der Waals surface area contributed by atoms with Gasteiger partial charge in [-0.3, -0.25) is 9.36 Å². The number of rotatable bonds is 3. The molecule has 0 amide bonds. The topological polar surface area (TPSA) is 43.3 Å². The summed E-state index contributed by atoms with van der Waals surface area (Å²) in [5.74, 6) is -0.385. The van der Waals surface area contributed by atoms with Gasteiger partial charge in [-0.25, -0.2) is 0 Å². The molecule has 0 radical (unpaired) electrons. The minimum atomic E-state index is -4.75. The van der Waals surface area contributed by atoms with Crippen LogP contribution in [0.4, 0.5) is 13.2 Å². The van der Waals surface area contributed by atoms with Crippen LogP contribution in [-0.2, 0) is 19.4 Å². The van der Waals surface area contributed by atoms with E-state index in [0.717, 1.165) is 16.8 Å². The second-order valence-electron chi connectivity index (χ2n) is 6.47. The third-order valence-electron chi connectivity index (χ3n) is 4.68. The Kier molecular flexibility index (Phi) is 4.39. The van der Waals surface area contributed by atoms with Gasteiger partial charge < -0.3 is 10.1 Å². The van der Waals surface area contributed by atoms with Crippen LogP contribution in [0.2, 0.25) is 0 Å². The van der Waals surface area contributed by atoms with Gasteiger partial charge in [0.1, 0.15) is 5.75 Å². The molecule has 2 heterocycles. The first-order valence-electron chi connectivity index (χ1n) is 8.62. The van der Waals surface area contributed by atoms with Crippen LogP contribution in [0, 0.1) is 0 Å². The van der Waals surface area contributed by atoms with Gasteiger partial charge in [-0.2, -0.15) is 0 Å². The summed E-state index contributed by atoms with van der Waals surface area (Å²) in [5.41, 5.74) is 3.21. The van der Waals surface area contributed by atoms with Gasteiger partial charge in [-0.15, -0.1) is 13.2 Å². The zero-order valence-corrected chi connectivity index (χ0v) is 14.3. The van der Waals surface area contributed by atoms with Crippen molar-refractivity contribution in [3.05, 3.63) is 65.4 Å². The average molecular weight is 374 g/mol. The summed E-state index contributed by atoms with van der Waals surface area (Å²) in [4.78, 5) is 13.0. The van der Waals surface area contributed by atoms with E-state index in [0.29, 0.717) is 30.4 Å². The number of aromatic nitrogens is 1. The number of ether oxygens (including phenoxy) is 1. The molecule has 1 aliphatic rings. The van der Waals surface area contributed by atoms with Crippen molar-refractivity contribution in [1.82, 2.24) is 9.88 Å². The molecule has 2 aromatic carbocycles. The first-order chi connectivity index (χ1) is 12.9. The van der Waals surface area contributed by atoms with Crippen LogP contribution >= 0.6 is 0 Å². The van der Waals surface area contributed by atoms with Crippen LogP contribution in [0.15, 0.2) is 48.5 Å². The normalized spacial score (nSPS) is 14.2. The zero-order valence-electron chi connectivity index (χ0n) is 14.3. The Morgan fingerprint density at radius 2 is 1.93 bits per heavy atom. The van der Waals surface area contributed by atoms with Gasteiger partial charge >= 0.3 is 6.36 Å². The summed E-state index contributed by atoms with van der Waals surface area (Å²) in [5, 5.41) is 3.86. The number of benzene rings is 2. The Hall–Kier alpha value is -2.80. The molecule has 0 aliphatic carbocycles. The van der Waals surface area contributed by atoms with Crippen molar-refractivity contribution in [2.75, 3.05) is 6.54 Å². The van der Waals surface area contributed by atoms with Gasteiger partial charge in [0.2, 0.25) is 5.91 Å². The highest BCUT2D eigenvalue weighted by molar-refractivity contribution is 5.97. The molecule has 0 saturated heterocycles. The molecular formula is C20H17F3N2O2. The number of hydrogen-bond acceptors (Lipinski definition) is 3. The Bertz CT molecular complexity index is 994. The van der Waals surface area contributed by atoms with Crippen LogP contribution in [0.5, 0.6) is 5.75 Å². The van der Waals surface area contributed by atoms with E-state index in [1.165, 1.54) is 18.2 Å². The van der Waals surface area contributed by atoms with E-state index in [1.54, 1.807) is 4.57 Å². The molecule has 0 saturated carbocycles. The smallest absolute Gasteiger partial charge is 0.406 e. The van der Waals surface area contributed by atoms with E-state index >= 15 is 0 Å². The number of nitrogens with one attached hydrogen (secondary N) is 1. The number of alkyl halides is 3. The summed E-state index contributed by atoms with van der Waals surface area (Å²) < 4.78 is 43.4. The molecule has 1 aromatic heterocycles. The summed E-state index contributed by atoms with van der Waals surface area (Å²) in [6.07, 6.45) is -3.88. The highest BCUT2D eigenvalue weighted by Gasteiger charge is 2.32. The lowest BCUT2D eigenvalue weighted by Crippen LogP contribution is -2.27. The first-order valence-corrected chi connectivity index (χ1v) is 8.62. The van der Waals surface area contributed by atoms with Crippen molar-refractivity contribution in [3.8, 4) is 5.75 Å². The molecule has 7 heteroatoms. The van der Waals surface area contributed by atoms with Crippen LogP contribution in [0.25, 0.3) is 10.9 Å². The van der Waals surface area contributed by atoms with Crippen molar-refractivity contribution >= 4 is 16.8 Å². The van der Waals surface area contributed by atoms with Crippen molar-refractivity contribution in [3.63, 3.8) is 0 Å². The summed E-state index contributed by atoms with van der Waals surface area (Å²) in [6.45, 7) is 1.21. The molecule has 0 bridgehead atoms. The fourth-order valence-corrected chi connectivity index (χ4v) is 3.60. The van der Waals surface area contributed by atoms with Gasteiger partial charge in [0.15, 0.2) is 0 Å². The lowest BCUT2D eigenvalue weighted by molar-refractivity contribution is -0.274. The molecule has 4 rings (SSSR count). The molecule has 0 fully saturated rings. The van der Waals surface area contributed by atoms with Crippen molar-refractivity contribution in [2.24, 2.45) is 0 Å². The lowest BCUT2D eigenvalue weighted by Gasteiger charge is -2.16. The molecule has 3 aromatic rings. The third kappa shape index (κ3) is 3.55. The quantitative estimate of drug-likeness (QED) is 0.752. The number of hydrogen-bond donors (Lipinski definition) is 1. The fraction of sp³-hybridized carbons (Fsp3) is 0.250. The predicted octanol–water partition coefficient (Wildman–Crippen LogP) is 4.07. The molecule has 140 valence electrons. The van der Waals surface area contributed by atoms with Crippen LogP contribution in [-0.4, -0.2) is 23.4 Å². The number of carbonyl (C=O) groups excluding carboxylic acids is 1. The largest absolute Gasteiger partial charge is 0.573 e. The minimum absolute atomic E-state index is 0.111. The SMILES string of the molecule is O=C(Cc1ccccc1)n1c2c(c3cc(OC(F)(F)F)ccc31)CCNC2. The Labute approximate surface area is 153 Å². The van der Waals surface area contributed by atoms with Gasteiger partial charge in [0, 0.05) is 17.6 Å². The fourth-order valence-electron chi connectivity index (χ4n) is 3.60. The molecule has 27 heavy (non-hydrogen) atoms. The molecular weight excluding hydrogens is 357 g/mol. The zero-order chi connectivity index (χ0) is 19.0. The van der Waals surface area contributed by atoms with Gasteiger partial charge in [0.05, 0.1) is 11.9 Å². The predicted molar refractivity (Wildman–Crippen MR) is 94.8 cm³/mol. The highest BCUT2D eigenvalue weighted by Crippen LogP contribution is 2.33. The van der Waals surface area contributed by atoms with Crippen molar-refractivity contribution < 1.29 is 22.7 Å². The lowest BCUT2D eigenvalue weighted by atomic mass is 10.0. The van der Waals surface area contributed by atoms with Crippen LogP contribution in [0.1, 0.15) is 21.6 Å². The molecule has 0 unspecified atom stereocenters. The summed E-state index contributed by atoms with van der Waals surface area (Å²) in [7, 11) is 0. The number of halogens is 3. The maximum absolute atomic E-state index is 13.0. The average Bonchev–Trinajstić information content (AvgIpc) is 2.95. The standard InChI is InChI=1S/C20H17F3N2O2/c21-20(22,23)27-14-6-7-17-16(11-14)15-8-9-24-12-18(15)25(17)19(26)10-13-4-2-1-3-5-13/h1-7,11,24H,8-10,12H2. The van der Waals surface area contributed by atoms with E-state index in [-0.39, 0.29) is 18.1 Å². The van der Waals surface area contributed by atoms with Crippen LogP contribution in [0.3, 0.4) is 0 Å². The van der Waals surface area contributed by atoms with E-state index in [9.17, 15) is 18.0 Å². The second-order valence-corrected chi connectivity index (χ2v) is 6.47. The Balaban J connectivity index is 1.79. The molecule has 4 nitrogen and oxygen atoms in total. The maximum atomic E-state index is 13.0. The number of nitrogens with zero attached hydrogens (tertiary/aromatic N) is 1. The van der Waals surface area contributed by atoms with Gasteiger partial charge in [0.25, 0.3) is 0 Å². The Morgan fingerprint density at radius 3 is 2.67 bits per heavy atom. The summed E-state index contributed by atoms with van der Waals surface area (Å²) >= 11 is 0. The van der Waals surface area contributed by atoms with E-state index in [4.69, 9.17) is 0 Å². The molecule has 1 N–H and O–H groups in total. The van der Waals surface area contributed by atoms with Gasteiger partial charge in [-0.05, 0) is 42.3 Å². The summed E-state index contributed by atoms with van der Waals surface area (Å²) in [6, 6.07) is 13.5. The van der Waals surface area contributed by atoms with Crippen molar-refractivity contribution in [2.45, 2.75) is 25.7 Å². The monoisotopic (exact) mass is 374 g/mol. The molecule has 1 aliphatic heterocycles. The maximum Gasteiger partial charge on any atom is 0.573 e.